The first-order valence-electron chi connectivity index (χ1n) is 3.74. The van der Waals surface area contributed by atoms with Gasteiger partial charge in [0, 0.05) is 0 Å². The average Bonchev–Trinajstić information content (AvgIpc) is 2.08. The fourth-order valence-electron chi connectivity index (χ4n) is 1.11. The molecule has 0 aromatic rings. The molecule has 0 aliphatic heterocycles. The molecule has 0 fully saturated rings. The molecular weight excluding hydrogens is 141 g/mol. The predicted molar refractivity (Wildman–Crippen MR) is 39.4 cm³/mol. The maximum absolute atomic E-state index is 2.46. The Kier molecular flexibility index (Phi) is 2.10. The Morgan fingerprint density at radius 3 is 2.22 bits per heavy atom. The standard InChI is InChI=1S/C5H5.3CH3.Sc/c1-2-4-5-3-1;;;;/h1-3H,4H2;3*1H3;. The van der Waals surface area contributed by atoms with E-state index >= 15 is 0 Å². The average molecular weight is 155 g/mol. The SMILES string of the molecule is [CH3][Sc]([CH3])([CH3])[C]1=CC=CC1. The van der Waals surface area contributed by atoms with E-state index in [0.717, 1.165) is 0 Å². The van der Waals surface area contributed by atoms with Gasteiger partial charge in [0.25, 0.3) is 0 Å². The molecule has 0 aromatic heterocycles. The van der Waals surface area contributed by atoms with E-state index in [1.165, 1.54) is 6.42 Å². The van der Waals surface area contributed by atoms with Crippen LogP contribution in [0.4, 0.5) is 0 Å². The van der Waals surface area contributed by atoms with E-state index in [1.54, 1.807) is 3.33 Å². The number of hydrogen-bond donors (Lipinski definition) is 0. The van der Waals surface area contributed by atoms with Gasteiger partial charge in [-0.25, -0.2) is 0 Å². The zero-order valence-electron chi connectivity index (χ0n) is 6.52. The summed E-state index contributed by atoms with van der Waals surface area (Å²) in [7, 11) is 0. The molecule has 0 heterocycles. The molecule has 0 unspecified atom stereocenters. The molecule has 1 rings (SSSR count). The van der Waals surface area contributed by atoms with Crippen LogP contribution in [0, 0.1) is 0 Å². The van der Waals surface area contributed by atoms with Gasteiger partial charge in [0.15, 0.2) is 0 Å². The fourth-order valence-corrected chi connectivity index (χ4v) is 3.50. The van der Waals surface area contributed by atoms with Crippen LogP contribution in [0.25, 0.3) is 0 Å². The molecule has 0 atom stereocenters. The zero-order valence-corrected chi connectivity index (χ0v) is 8.32. The van der Waals surface area contributed by atoms with Gasteiger partial charge in [0.1, 0.15) is 0 Å². The summed E-state index contributed by atoms with van der Waals surface area (Å²) in [6.45, 7) is 0. The molecule has 1 aliphatic carbocycles. The third kappa shape index (κ3) is 1.89. The summed E-state index contributed by atoms with van der Waals surface area (Å²) in [5.41, 5.74) is 0. The van der Waals surface area contributed by atoms with E-state index in [0.29, 0.717) is 0 Å². The Morgan fingerprint density at radius 2 is 2.00 bits per heavy atom. The van der Waals surface area contributed by atoms with Crippen LogP contribution in [0.3, 0.4) is 0 Å². The molecule has 49 valence electrons. The summed E-state index contributed by atoms with van der Waals surface area (Å²) in [6.07, 6.45) is 8.01. The number of hydrogen-bond acceptors (Lipinski definition) is 0. The summed E-state index contributed by atoms with van der Waals surface area (Å²) in [4.78, 5) is 0. The van der Waals surface area contributed by atoms with Crippen molar-refractivity contribution >= 4 is 0 Å². The van der Waals surface area contributed by atoms with Crippen LogP contribution in [-0.2, 0) is 20.0 Å². The van der Waals surface area contributed by atoms with Crippen molar-refractivity contribution in [2.75, 3.05) is 0 Å². The first-order chi connectivity index (χ1) is 4.11. The van der Waals surface area contributed by atoms with Crippen LogP contribution in [0.1, 0.15) is 6.42 Å². The monoisotopic (exact) mass is 155 g/mol. The Balaban J connectivity index is 2.66. The minimum atomic E-state index is -1.53. The van der Waals surface area contributed by atoms with Gasteiger partial charge in [0.05, 0.1) is 0 Å². The third-order valence-electron chi connectivity index (χ3n) is 1.91. The van der Waals surface area contributed by atoms with Crippen LogP contribution >= 0.6 is 0 Å². The maximum atomic E-state index is 2.46. The quantitative estimate of drug-likeness (QED) is 0.545. The normalized spacial score (nSPS) is 18.3. The second-order valence-corrected chi connectivity index (χ2v) is 13.2. The summed E-state index contributed by atoms with van der Waals surface area (Å²) >= 11 is -1.53. The third-order valence-corrected chi connectivity index (χ3v) is 6.05. The first kappa shape index (κ1) is 7.46. The number of allylic oxidation sites excluding steroid dienone is 4. The molecule has 0 saturated carbocycles. The van der Waals surface area contributed by atoms with Crippen LogP contribution in [0.5, 0.6) is 0 Å². The van der Waals surface area contributed by atoms with Crippen molar-refractivity contribution in [1.29, 1.82) is 0 Å². The molecule has 9 heavy (non-hydrogen) atoms. The Morgan fingerprint density at radius 1 is 1.33 bits per heavy atom. The van der Waals surface area contributed by atoms with Crippen LogP contribution in [0.2, 0.25) is 14.0 Å². The van der Waals surface area contributed by atoms with Gasteiger partial charge >= 0.3 is 62.0 Å². The van der Waals surface area contributed by atoms with Gasteiger partial charge in [-0.05, 0) is 0 Å². The van der Waals surface area contributed by atoms with Crippen molar-refractivity contribution in [2.45, 2.75) is 20.5 Å². The van der Waals surface area contributed by atoms with E-state index in [1.807, 2.05) is 0 Å². The second kappa shape index (κ2) is 2.53. The van der Waals surface area contributed by atoms with Gasteiger partial charge < -0.3 is 0 Å². The van der Waals surface area contributed by atoms with Gasteiger partial charge in [0.2, 0.25) is 0 Å². The van der Waals surface area contributed by atoms with Crippen molar-refractivity contribution in [3.63, 3.8) is 0 Å². The van der Waals surface area contributed by atoms with E-state index in [-0.39, 0.29) is 0 Å². The predicted octanol–water partition coefficient (Wildman–Crippen LogP) is 3.13. The van der Waals surface area contributed by atoms with E-state index in [2.05, 4.69) is 32.3 Å². The Bertz CT molecular complexity index is 158. The molecule has 0 N–H and O–H groups in total. The van der Waals surface area contributed by atoms with Crippen molar-refractivity contribution in [2.24, 2.45) is 0 Å². The summed E-state index contributed by atoms with van der Waals surface area (Å²) < 4.78 is 9.12. The van der Waals surface area contributed by atoms with Crippen molar-refractivity contribution < 1.29 is 20.0 Å². The molecule has 0 aromatic carbocycles. The zero-order chi connectivity index (χ0) is 6.91. The summed E-state index contributed by atoms with van der Waals surface area (Å²) in [6, 6.07) is 0. The molecule has 0 spiro atoms. The molecule has 0 nitrogen and oxygen atoms in total. The van der Waals surface area contributed by atoms with E-state index in [9.17, 15) is 0 Å². The molecular formula is C8H14Sc. The molecule has 1 aliphatic rings. The fraction of sp³-hybridized carbons (Fsp3) is 0.500. The molecule has 0 radical (unpaired) electrons. The van der Waals surface area contributed by atoms with Gasteiger partial charge in [-0.15, -0.1) is 0 Å². The topological polar surface area (TPSA) is 0 Å². The molecule has 0 saturated heterocycles. The van der Waals surface area contributed by atoms with E-state index < -0.39 is 20.0 Å². The molecule has 0 amide bonds. The van der Waals surface area contributed by atoms with Crippen molar-refractivity contribution in [1.82, 2.24) is 0 Å². The van der Waals surface area contributed by atoms with Crippen molar-refractivity contribution in [3.05, 3.63) is 21.6 Å². The van der Waals surface area contributed by atoms with Gasteiger partial charge in [-0.1, -0.05) is 0 Å². The van der Waals surface area contributed by atoms with Crippen LogP contribution in [0.15, 0.2) is 21.6 Å². The van der Waals surface area contributed by atoms with Gasteiger partial charge in [-0.2, -0.15) is 0 Å². The minimum absolute atomic E-state index is 1.25. The van der Waals surface area contributed by atoms with Crippen LogP contribution < -0.4 is 0 Å². The Hall–Kier alpha value is 0.350. The van der Waals surface area contributed by atoms with E-state index in [4.69, 9.17) is 0 Å². The number of rotatable bonds is 1. The van der Waals surface area contributed by atoms with Crippen LogP contribution in [-0.4, -0.2) is 0 Å². The van der Waals surface area contributed by atoms with Crippen molar-refractivity contribution in [3.8, 4) is 0 Å². The van der Waals surface area contributed by atoms with Gasteiger partial charge in [-0.3, -0.25) is 0 Å². The second-order valence-electron chi connectivity index (χ2n) is 3.97. The first-order valence-corrected chi connectivity index (χ1v) is 10.0. The Labute approximate surface area is 62.0 Å². The summed E-state index contributed by atoms with van der Waals surface area (Å²) in [5.74, 6) is 0. The summed E-state index contributed by atoms with van der Waals surface area (Å²) in [5, 5.41) is 0. The molecule has 1 heteroatoms. The molecule has 0 bridgehead atoms.